The highest BCUT2D eigenvalue weighted by atomic mass is 19.1. The molecule has 0 saturated heterocycles. The highest BCUT2D eigenvalue weighted by Crippen LogP contribution is 2.38. The van der Waals surface area contributed by atoms with Crippen molar-refractivity contribution >= 4 is 17.3 Å². The van der Waals surface area contributed by atoms with Crippen LogP contribution in [0.5, 0.6) is 17.2 Å². The maximum atomic E-state index is 13.1. The minimum absolute atomic E-state index is 0.0396. The summed E-state index contributed by atoms with van der Waals surface area (Å²) in [5.74, 6) is -1.32. The third-order valence-corrected chi connectivity index (χ3v) is 2.81. The summed E-state index contributed by atoms with van der Waals surface area (Å²) >= 11 is 0. The number of fused-ring (bicyclic) bond motifs is 1. The molecule has 1 aliphatic heterocycles. The number of amides is 1. The normalized spacial score (nSPS) is 13.1. The van der Waals surface area contributed by atoms with Gasteiger partial charge in [0.1, 0.15) is 23.1 Å². The Balaban J connectivity index is 1.95. The molecule has 7 heteroatoms. The minimum atomic E-state index is -0.766. The first-order valence-electron chi connectivity index (χ1n) is 6.01. The average Bonchev–Trinajstić information content (AvgIpc) is 2.39. The van der Waals surface area contributed by atoms with Crippen molar-refractivity contribution in [3.63, 3.8) is 0 Å². The van der Waals surface area contributed by atoms with Gasteiger partial charge in [-0.25, -0.2) is 8.78 Å². The van der Waals surface area contributed by atoms with Gasteiger partial charge in [0.2, 0.25) is 0 Å². The van der Waals surface area contributed by atoms with E-state index in [-0.39, 0.29) is 29.7 Å². The van der Waals surface area contributed by atoms with Crippen LogP contribution in [0, 0.1) is 11.6 Å². The maximum absolute atomic E-state index is 13.1. The summed E-state index contributed by atoms with van der Waals surface area (Å²) in [4.78, 5) is 11.3. The third-order valence-electron chi connectivity index (χ3n) is 2.81. The number of nitrogens with two attached hydrogens (primary N) is 1. The van der Waals surface area contributed by atoms with Gasteiger partial charge in [-0.3, -0.25) is 4.79 Å². The van der Waals surface area contributed by atoms with Gasteiger partial charge in [0.25, 0.3) is 5.91 Å². The van der Waals surface area contributed by atoms with Gasteiger partial charge in [-0.05, 0) is 0 Å². The number of rotatable bonds is 2. The fourth-order valence-corrected chi connectivity index (χ4v) is 1.93. The lowest BCUT2D eigenvalue weighted by Gasteiger charge is -2.19. The Morgan fingerprint density at radius 1 is 1.14 bits per heavy atom. The number of halogens is 2. The van der Waals surface area contributed by atoms with E-state index in [0.717, 1.165) is 18.2 Å². The van der Waals surface area contributed by atoms with E-state index in [9.17, 15) is 13.6 Å². The molecule has 0 radical (unpaired) electrons. The lowest BCUT2D eigenvalue weighted by atomic mass is 10.2. The first-order valence-corrected chi connectivity index (χ1v) is 6.01. The number of nitrogen functional groups attached to an aromatic ring is 1. The average molecular weight is 292 g/mol. The van der Waals surface area contributed by atoms with E-state index in [0.29, 0.717) is 11.4 Å². The zero-order chi connectivity index (χ0) is 15.0. The van der Waals surface area contributed by atoms with E-state index in [4.69, 9.17) is 15.2 Å². The van der Waals surface area contributed by atoms with Crippen LogP contribution in [0.15, 0.2) is 30.3 Å². The molecular weight excluding hydrogens is 282 g/mol. The van der Waals surface area contributed by atoms with E-state index in [1.54, 1.807) is 0 Å². The van der Waals surface area contributed by atoms with Crippen molar-refractivity contribution in [2.24, 2.45) is 0 Å². The van der Waals surface area contributed by atoms with E-state index in [1.165, 1.54) is 12.1 Å². The maximum Gasteiger partial charge on any atom is 0.262 e. The molecule has 3 N–H and O–H groups in total. The largest absolute Gasteiger partial charge is 0.481 e. The van der Waals surface area contributed by atoms with Crippen molar-refractivity contribution < 1.29 is 23.0 Å². The molecule has 0 aromatic heterocycles. The van der Waals surface area contributed by atoms with Crippen LogP contribution in [0.1, 0.15) is 0 Å². The molecule has 108 valence electrons. The van der Waals surface area contributed by atoms with E-state index < -0.39 is 11.6 Å². The first kappa shape index (κ1) is 13.2. The monoisotopic (exact) mass is 292 g/mol. The molecule has 0 aliphatic carbocycles. The Kier molecular flexibility index (Phi) is 3.09. The number of carbonyl (C=O) groups excluding carboxylic acids is 1. The van der Waals surface area contributed by atoms with E-state index >= 15 is 0 Å². The summed E-state index contributed by atoms with van der Waals surface area (Å²) in [7, 11) is 0. The van der Waals surface area contributed by atoms with Crippen molar-refractivity contribution in [1.82, 2.24) is 0 Å². The van der Waals surface area contributed by atoms with Crippen molar-refractivity contribution in [3.05, 3.63) is 42.0 Å². The Bertz CT molecular complexity index is 714. The van der Waals surface area contributed by atoms with Crippen molar-refractivity contribution in [2.45, 2.75) is 0 Å². The van der Waals surface area contributed by atoms with Crippen LogP contribution in [0.25, 0.3) is 0 Å². The summed E-state index contributed by atoms with van der Waals surface area (Å²) in [5.41, 5.74) is 6.40. The number of ether oxygens (including phenoxy) is 2. The smallest absolute Gasteiger partial charge is 0.262 e. The molecule has 0 fully saturated rings. The van der Waals surface area contributed by atoms with Gasteiger partial charge in [0.05, 0.1) is 11.4 Å². The predicted octanol–water partition coefficient (Wildman–Crippen LogP) is 2.67. The van der Waals surface area contributed by atoms with Crippen LogP contribution in [0.3, 0.4) is 0 Å². The summed E-state index contributed by atoms with van der Waals surface area (Å²) in [6.45, 7) is -0.0955. The zero-order valence-electron chi connectivity index (χ0n) is 10.7. The Morgan fingerprint density at radius 3 is 2.57 bits per heavy atom. The predicted molar refractivity (Wildman–Crippen MR) is 71.4 cm³/mol. The van der Waals surface area contributed by atoms with Crippen LogP contribution < -0.4 is 20.5 Å². The van der Waals surface area contributed by atoms with Crippen molar-refractivity contribution in [3.8, 4) is 17.2 Å². The van der Waals surface area contributed by atoms with Gasteiger partial charge in [-0.2, -0.15) is 0 Å². The molecule has 2 aromatic carbocycles. The molecule has 0 saturated carbocycles. The number of hydrogen-bond donors (Lipinski definition) is 2. The second-order valence-electron chi connectivity index (χ2n) is 4.43. The first-order chi connectivity index (χ1) is 10.0. The van der Waals surface area contributed by atoms with Gasteiger partial charge in [0.15, 0.2) is 12.4 Å². The molecular formula is C14H10F2N2O3. The SMILES string of the molecule is Nc1cc2c(cc1Oc1cc(F)cc(F)c1)NC(=O)CO2. The van der Waals surface area contributed by atoms with Gasteiger partial charge in [-0.15, -0.1) is 0 Å². The standard InChI is InChI=1S/C14H10F2N2O3/c15-7-1-8(16)3-9(2-7)21-12-5-11-13(4-10(12)17)20-6-14(19)18-11/h1-5H,6,17H2,(H,18,19). The molecule has 21 heavy (non-hydrogen) atoms. The second kappa shape index (κ2) is 4.93. The summed E-state index contributed by atoms with van der Waals surface area (Å²) in [5, 5.41) is 2.59. The Morgan fingerprint density at radius 2 is 1.86 bits per heavy atom. The Hall–Kier alpha value is -2.83. The molecule has 1 heterocycles. The molecule has 1 aliphatic rings. The molecule has 1 amide bonds. The second-order valence-corrected chi connectivity index (χ2v) is 4.43. The van der Waals surface area contributed by atoms with Crippen LogP contribution >= 0.6 is 0 Å². The molecule has 0 spiro atoms. The fraction of sp³-hybridized carbons (Fsp3) is 0.0714. The third kappa shape index (κ3) is 2.71. The quantitative estimate of drug-likeness (QED) is 0.835. The van der Waals surface area contributed by atoms with Crippen LogP contribution in [0.2, 0.25) is 0 Å². The lowest BCUT2D eigenvalue weighted by Crippen LogP contribution is -2.25. The van der Waals surface area contributed by atoms with Gasteiger partial charge in [0, 0.05) is 30.3 Å². The highest BCUT2D eigenvalue weighted by Gasteiger charge is 2.19. The number of nitrogens with one attached hydrogen (secondary N) is 1. The van der Waals surface area contributed by atoms with Crippen molar-refractivity contribution in [1.29, 1.82) is 0 Å². The summed E-state index contributed by atoms with van der Waals surface area (Å²) in [6.07, 6.45) is 0. The minimum Gasteiger partial charge on any atom is -0.481 e. The fourth-order valence-electron chi connectivity index (χ4n) is 1.93. The lowest BCUT2D eigenvalue weighted by molar-refractivity contribution is -0.118. The zero-order valence-corrected chi connectivity index (χ0v) is 10.7. The summed E-state index contributed by atoms with van der Waals surface area (Å²) < 4.78 is 36.8. The molecule has 5 nitrogen and oxygen atoms in total. The molecule has 3 rings (SSSR count). The van der Waals surface area contributed by atoms with Crippen LogP contribution in [0.4, 0.5) is 20.2 Å². The van der Waals surface area contributed by atoms with Gasteiger partial charge >= 0.3 is 0 Å². The van der Waals surface area contributed by atoms with Crippen molar-refractivity contribution in [2.75, 3.05) is 17.7 Å². The van der Waals surface area contributed by atoms with E-state index in [2.05, 4.69) is 5.32 Å². The molecule has 0 atom stereocenters. The van der Waals surface area contributed by atoms with Gasteiger partial charge < -0.3 is 20.5 Å². The Labute approximate surface area is 118 Å². The highest BCUT2D eigenvalue weighted by molar-refractivity contribution is 5.96. The number of anilines is 2. The topological polar surface area (TPSA) is 73.6 Å². The van der Waals surface area contributed by atoms with Crippen LogP contribution in [-0.2, 0) is 4.79 Å². The van der Waals surface area contributed by atoms with Crippen LogP contribution in [-0.4, -0.2) is 12.5 Å². The number of carbonyl (C=O) groups is 1. The number of hydrogen-bond acceptors (Lipinski definition) is 4. The molecule has 0 unspecified atom stereocenters. The number of benzene rings is 2. The molecule has 0 bridgehead atoms. The summed E-state index contributed by atoms with van der Waals surface area (Å²) in [6, 6.07) is 5.69. The van der Waals surface area contributed by atoms with Gasteiger partial charge in [-0.1, -0.05) is 0 Å². The van der Waals surface area contributed by atoms with E-state index in [1.807, 2.05) is 0 Å². The molecule has 2 aromatic rings.